The first-order valence-corrected chi connectivity index (χ1v) is 10.5. The van der Waals surface area contributed by atoms with Crippen LogP contribution in [0.25, 0.3) is 10.9 Å². The number of aryl methyl sites for hydroxylation is 1. The molecule has 1 saturated heterocycles. The van der Waals surface area contributed by atoms with E-state index in [4.69, 9.17) is 16.3 Å². The molecule has 2 aromatic rings. The summed E-state index contributed by atoms with van der Waals surface area (Å²) < 4.78 is 22.6. The number of ether oxygens (including phenoxy) is 1. The van der Waals surface area contributed by atoms with Crippen LogP contribution in [0.3, 0.4) is 0 Å². The molecule has 2 heterocycles. The molecule has 4 N–H and O–H groups in total. The van der Waals surface area contributed by atoms with Gasteiger partial charge in [-0.2, -0.15) is 4.68 Å². The van der Waals surface area contributed by atoms with Gasteiger partial charge in [-0.15, -0.1) is 0 Å². The number of halogens is 1. The summed E-state index contributed by atoms with van der Waals surface area (Å²) in [6.45, 7) is 5.78. The summed E-state index contributed by atoms with van der Waals surface area (Å²) in [5.41, 5.74) is 6.70. The number of methoxy groups -OCH3 is 1. The van der Waals surface area contributed by atoms with Crippen molar-refractivity contribution in [2.75, 3.05) is 37.5 Å². The van der Waals surface area contributed by atoms with Crippen LogP contribution in [-0.2, 0) is 4.74 Å². The van der Waals surface area contributed by atoms with Crippen LogP contribution in [0.2, 0.25) is 0 Å². The Morgan fingerprint density at radius 1 is 1.30 bits per heavy atom. The molecule has 9 heteroatoms. The molecule has 8 nitrogen and oxygen atoms in total. The maximum absolute atomic E-state index is 15.3. The first-order valence-electron chi connectivity index (χ1n) is 10.5. The van der Waals surface area contributed by atoms with E-state index in [0.717, 1.165) is 19.3 Å². The van der Waals surface area contributed by atoms with Crippen molar-refractivity contribution < 1.29 is 9.13 Å². The van der Waals surface area contributed by atoms with Gasteiger partial charge in [0.25, 0.3) is 5.56 Å². The van der Waals surface area contributed by atoms with Crippen molar-refractivity contribution in [2.45, 2.75) is 45.2 Å². The summed E-state index contributed by atoms with van der Waals surface area (Å²) in [6.07, 6.45) is 2.43. The van der Waals surface area contributed by atoms with Crippen molar-refractivity contribution >= 4 is 16.6 Å². The predicted molar refractivity (Wildman–Crippen MR) is 115 cm³/mol. The monoisotopic (exact) mass is 419 g/mol. The molecule has 1 aliphatic heterocycles. The molecular formula is C21H30FN5O3. The summed E-state index contributed by atoms with van der Waals surface area (Å²) in [4.78, 5) is 27.3. The van der Waals surface area contributed by atoms with Gasteiger partial charge in [-0.05, 0) is 44.1 Å². The van der Waals surface area contributed by atoms with Gasteiger partial charge in [-0.1, -0.05) is 6.92 Å². The number of nitrogen functional groups attached to an aromatic ring is 1. The molecule has 2 fully saturated rings. The third-order valence-electron chi connectivity index (χ3n) is 6.67. The Bertz CT molecular complexity index is 1090. The van der Waals surface area contributed by atoms with E-state index in [-0.39, 0.29) is 29.3 Å². The molecule has 1 aliphatic carbocycles. The Hall–Kier alpha value is -2.39. The van der Waals surface area contributed by atoms with Crippen molar-refractivity contribution in [2.24, 2.45) is 17.6 Å². The highest BCUT2D eigenvalue weighted by atomic mass is 19.1. The molecule has 0 bridgehead atoms. The second kappa shape index (κ2) is 7.70. The molecular weight excluding hydrogens is 389 g/mol. The molecule has 0 amide bonds. The molecule has 4 rings (SSSR count). The van der Waals surface area contributed by atoms with Crippen LogP contribution in [-0.4, -0.2) is 42.1 Å². The number of rotatable bonds is 6. The smallest absolute Gasteiger partial charge is 0.350 e. The molecule has 0 unspecified atom stereocenters. The Morgan fingerprint density at radius 2 is 2.00 bits per heavy atom. The fourth-order valence-electron chi connectivity index (χ4n) is 4.92. The van der Waals surface area contributed by atoms with Crippen molar-refractivity contribution in [1.82, 2.24) is 9.24 Å². The van der Waals surface area contributed by atoms with Gasteiger partial charge in [0.15, 0.2) is 0 Å². The standard InChI is InChI=1S/C21H30FN5O3/c1-11-9-25(10-15(11)17(23)6-7-30-3)19-12(2)18-14(8-16(19)22)20(28)27(24)21(29)26(18)13-4-5-13/h8,11,13,15,17H,4-7,9-10,23-24H2,1-3H3/t11-,15-,17+/m0/s1. The molecule has 1 aromatic carbocycles. The fraction of sp³-hybridized carbons (Fsp3) is 0.619. The lowest BCUT2D eigenvalue weighted by Gasteiger charge is -2.25. The fourth-order valence-corrected chi connectivity index (χ4v) is 4.92. The molecule has 0 radical (unpaired) electrons. The topological polar surface area (TPSA) is 109 Å². The number of benzene rings is 1. The van der Waals surface area contributed by atoms with Crippen LogP contribution in [0.1, 0.15) is 37.8 Å². The van der Waals surface area contributed by atoms with E-state index in [2.05, 4.69) is 6.92 Å². The van der Waals surface area contributed by atoms with Crippen molar-refractivity contribution in [3.05, 3.63) is 38.3 Å². The highest BCUT2D eigenvalue weighted by Crippen LogP contribution is 2.40. The maximum atomic E-state index is 15.3. The lowest BCUT2D eigenvalue weighted by molar-refractivity contribution is 0.176. The predicted octanol–water partition coefficient (Wildman–Crippen LogP) is 1.10. The summed E-state index contributed by atoms with van der Waals surface area (Å²) in [5.74, 6) is 5.71. The van der Waals surface area contributed by atoms with E-state index >= 15 is 4.39 Å². The lowest BCUT2D eigenvalue weighted by Crippen LogP contribution is -2.44. The minimum absolute atomic E-state index is 0.000118. The zero-order valence-electron chi connectivity index (χ0n) is 17.7. The van der Waals surface area contributed by atoms with Crippen LogP contribution < -0.4 is 27.7 Å². The Balaban J connectivity index is 1.81. The van der Waals surface area contributed by atoms with E-state index in [1.807, 2.05) is 4.90 Å². The zero-order valence-corrected chi connectivity index (χ0v) is 17.7. The van der Waals surface area contributed by atoms with Crippen LogP contribution in [0.15, 0.2) is 15.7 Å². The quantitative estimate of drug-likeness (QED) is 0.679. The van der Waals surface area contributed by atoms with Crippen LogP contribution in [0.5, 0.6) is 0 Å². The Labute approximate surface area is 174 Å². The van der Waals surface area contributed by atoms with E-state index < -0.39 is 17.1 Å². The minimum Gasteiger partial charge on any atom is -0.385 e. The lowest BCUT2D eigenvalue weighted by atomic mass is 9.89. The second-order valence-electron chi connectivity index (χ2n) is 8.78. The van der Waals surface area contributed by atoms with Gasteiger partial charge in [-0.25, -0.2) is 9.18 Å². The molecule has 1 aromatic heterocycles. The third kappa shape index (κ3) is 3.30. The number of nitrogens with zero attached hydrogens (tertiary/aromatic N) is 3. The van der Waals surface area contributed by atoms with E-state index in [0.29, 0.717) is 41.1 Å². The van der Waals surface area contributed by atoms with Gasteiger partial charge in [0.2, 0.25) is 0 Å². The molecule has 30 heavy (non-hydrogen) atoms. The molecule has 1 saturated carbocycles. The molecule has 3 atom stereocenters. The van der Waals surface area contributed by atoms with Crippen LogP contribution in [0.4, 0.5) is 10.1 Å². The SMILES string of the molecule is COCC[C@@H](N)[C@H]1CN(c2c(F)cc3c(=O)n(N)c(=O)n(C4CC4)c3c2C)C[C@@H]1C. The van der Waals surface area contributed by atoms with Gasteiger partial charge < -0.3 is 21.2 Å². The van der Waals surface area contributed by atoms with Gasteiger partial charge in [0, 0.05) is 44.5 Å². The number of hydrogen-bond acceptors (Lipinski definition) is 6. The van der Waals surface area contributed by atoms with E-state index in [1.165, 1.54) is 6.07 Å². The number of fused-ring (bicyclic) bond motifs is 1. The minimum atomic E-state index is -0.672. The third-order valence-corrected chi connectivity index (χ3v) is 6.67. The molecule has 0 spiro atoms. The first-order chi connectivity index (χ1) is 14.3. The van der Waals surface area contributed by atoms with E-state index in [9.17, 15) is 9.59 Å². The largest absolute Gasteiger partial charge is 0.385 e. The number of hydrogen-bond donors (Lipinski definition) is 2. The summed E-state index contributed by atoms with van der Waals surface area (Å²) in [6, 6.07) is 1.19. The molecule has 164 valence electrons. The average Bonchev–Trinajstić information content (AvgIpc) is 3.47. The number of aromatic nitrogens is 2. The normalized spacial score (nSPS) is 22.8. The average molecular weight is 420 g/mol. The second-order valence-corrected chi connectivity index (χ2v) is 8.78. The maximum Gasteiger partial charge on any atom is 0.350 e. The highest BCUT2D eigenvalue weighted by Gasteiger charge is 2.36. The highest BCUT2D eigenvalue weighted by molar-refractivity contribution is 5.87. The number of anilines is 1. The van der Waals surface area contributed by atoms with Crippen molar-refractivity contribution in [1.29, 1.82) is 0 Å². The Morgan fingerprint density at radius 3 is 2.63 bits per heavy atom. The van der Waals surface area contributed by atoms with Crippen molar-refractivity contribution in [3.63, 3.8) is 0 Å². The summed E-state index contributed by atoms with van der Waals surface area (Å²) in [7, 11) is 1.65. The van der Waals surface area contributed by atoms with Gasteiger partial charge >= 0.3 is 5.69 Å². The number of nitrogens with two attached hydrogens (primary N) is 2. The molecule has 2 aliphatic rings. The first kappa shape index (κ1) is 20.9. The Kier molecular flexibility index (Phi) is 5.36. The summed E-state index contributed by atoms with van der Waals surface area (Å²) in [5, 5.41) is 0.142. The van der Waals surface area contributed by atoms with Crippen LogP contribution in [0, 0.1) is 24.6 Å². The van der Waals surface area contributed by atoms with Gasteiger partial charge in [0.1, 0.15) is 5.82 Å². The zero-order chi connectivity index (χ0) is 21.7. The van der Waals surface area contributed by atoms with Crippen LogP contribution >= 0.6 is 0 Å². The van der Waals surface area contributed by atoms with Crippen molar-refractivity contribution in [3.8, 4) is 0 Å². The van der Waals surface area contributed by atoms with E-state index in [1.54, 1.807) is 18.6 Å². The summed E-state index contributed by atoms with van der Waals surface area (Å²) >= 11 is 0. The van der Waals surface area contributed by atoms with Gasteiger partial charge in [0.05, 0.1) is 16.6 Å². The van der Waals surface area contributed by atoms with Gasteiger partial charge in [-0.3, -0.25) is 9.36 Å².